The lowest BCUT2D eigenvalue weighted by Gasteiger charge is -2.17. The number of aryl methyl sites for hydroxylation is 2. The fourth-order valence-electron chi connectivity index (χ4n) is 2.88. The molecule has 140 valence electrons. The number of carbonyl (C=O) groups excluding carboxylic acids is 2. The third-order valence-corrected chi connectivity index (χ3v) is 4.65. The molecule has 0 saturated carbocycles. The Morgan fingerprint density at radius 2 is 1.78 bits per heavy atom. The molecule has 0 unspecified atom stereocenters. The van der Waals surface area contributed by atoms with Crippen LogP contribution < -0.4 is 0 Å². The van der Waals surface area contributed by atoms with Crippen molar-refractivity contribution < 1.29 is 18.7 Å². The summed E-state index contributed by atoms with van der Waals surface area (Å²) in [5.41, 5.74) is 4.81. The molecule has 0 aliphatic heterocycles. The summed E-state index contributed by atoms with van der Waals surface area (Å²) in [5, 5.41) is 0.905. The summed E-state index contributed by atoms with van der Waals surface area (Å²) >= 11 is 0. The van der Waals surface area contributed by atoms with Gasteiger partial charge in [0.05, 0.1) is 12.7 Å². The minimum atomic E-state index is -0.447. The Bertz CT molecular complexity index is 959. The van der Waals surface area contributed by atoms with E-state index in [1.165, 1.54) is 0 Å². The minimum Gasteiger partial charge on any atom is -0.464 e. The van der Waals surface area contributed by atoms with Crippen LogP contribution in [0.5, 0.6) is 0 Å². The molecule has 5 heteroatoms. The summed E-state index contributed by atoms with van der Waals surface area (Å²) in [6.45, 7) is 4.24. The number of esters is 1. The number of amides is 1. The fraction of sp³-hybridized carbons (Fsp3) is 0.273. The maximum absolute atomic E-state index is 12.2. The van der Waals surface area contributed by atoms with Crippen LogP contribution in [0.25, 0.3) is 11.0 Å². The summed E-state index contributed by atoms with van der Waals surface area (Å²) in [5.74, 6) is -0.687. The summed E-state index contributed by atoms with van der Waals surface area (Å²) in [4.78, 5) is 25.9. The average Bonchev–Trinajstić information content (AvgIpc) is 3.02. The topological polar surface area (TPSA) is 59.8 Å². The normalized spacial score (nSPS) is 10.8. The zero-order valence-electron chi connectivity index (χ0n) is 15.8. The van der Waals surface area contributed by atoms with E-state index < -0.39 is 5.97 Å². The Balaban J connectivity index is 1.55. The van der Waals surface area contributed by atoms with Gasteiger partial charge in [0.2, 0.25) is 0 Å². The van der Waals surface area contributed by atoms with E-state index in [9.17, 15) is 9.59 Å². The molecular formula is C22H23NO4. The number of carbonyl (C=O) groups is 2. The number of furan rings is 1. The van der Waals surface area contributed by atoms with Crippen LogP contribution in [0.3, 0.4) is 0 Å². The molecule has 3 aromatic rings. The lowest BCUT2D eigenvalue weighted by molar-refractivity contribution is -0.151. The number of fused-ring (bicyclic) bond motifs is 1. The number of rotatable bonds is 6. The Hall–Kier alpha value is -3.08. The lowest BCUT2D eigenvalue weighted by atomic mass is 10.0. The molecule has 1 heterocycles. The number of ether oxygens (including phenoxy) is 1. The van der Waals surface area contributed by atoms with Crippen LogP contribution >= 0.6 is 0 Å². The maximum Gasteiger partial charge on any atom is 0.310 e. The standard InChI is InChI=1S/C22H23NO4/c1-15-9-19-18(13-26-20(19)10-16(15)2)11-22(25)27-14-21(24)23(3)12-17-7-5-4-6-8-17/h4-10,13H,11-12,14H2,1-3H3. The highest BCUT2D eigenvalue weighted by molar-refractivity contribution is 5.87. The monoisotopic (exact) mass is 365 g/mol. The Kier molecular flexibility index (Phi) is 5.60. The SMILES string of the molecule is Cc1cc2occ(CC(=O)OCC(=O)N(C)Cc3ccccc3)c2cc1C. The van der Waals surface area contributed by atoms with Gasteiger partial charge in [0.1, 0.15) is 5.58 Å². The predicted octanol–water partition coefficient (Wildman–Crippen LogP) is 3.79. The smallest absolute Gasteiger partial charge is 0.310 e. The molecule has 3 rings (SSSR count). The number of hydrogen-bond donors (Lipinski definition) is 0. The third-order valence-electron chi connectivity index (χ3n) is 4.65. The van der Waals surface area contributed by atoms with Gasteiger partial charge in [-0.1, -0.05) is 30.3 Å². The van der Waals surface area contributed by atoms with E-state index >= 15 is 0 Å². The summed E-state index contributed by atoms with van der Waals surface area (Å²) in [6.07, 6.45) is 1.65. The van der Waals surface area contributed by atoms with Gasteiger partial charge in [-0.15, -0.1) is 0 Å². The fourth-order valence-corrected chi connectivity index (χ4v) is 2.88. The Morgan fingerprint density at radius 3 is 2.52 bits per heavy atom. The van der Waals surface area contributed by atoms with Crippen LogP contribution in [0.2, 0.25) is 0 Å². The highest BCUT2D eigenvalue weighted by Gasteiger charge is 2.15. The van der Waals surface area contributed by atoms with E-state index in [2.05, 4.69) is 0 Å². The van der Waals surface area contributed by atoms with Crippen molar-refractivity contribution >= 4 is 22.8 Å². The van der Waals surface area contributed by atoms with Gasteiger partial charge in [0.25, 0.3) is 5.91 Å². The van der Waals surface area contributed by atoms with Gasteiger partial charge in [-0.25, -0.2) is 0 Å². The van der Waals surface area contributed by atoms with Crippen molar-refractivity contribution in [1.82, 2.24) is 4.90 Å². The van der Waals surface area contributed by atoms with E-state index in [-0.39, 0.29) is 18.9 Å². The van der Waals surface area contributed by atoms with Crippen LogP contribution in [-0.4, -0.2) is 30.4 Å². The molecule has 0 N–H and O–H groups in total. The molecule has 0 aliphatic rings. The number of benzene rings is 2. The molecule has 0 atom stereocenters. The van der Waals surface area contributed by atoms with Gasteiger partial charge < -0.3 is 14.1 Å². The van der Waals surface area contributed by atoms with Crippen LogP contribution in [0, 0.1) is 13.8 Å². The first-order chi connectivity index (χ1) is 12.9. The molecule has 0 spiro atoms. The van der Waals surface area contributed by atoms with E-state index in [0.717, 1.165) is 33.2 Å². The van der Waals surface area contributed by atoms with Gasteiger partial charge in [-0.3, -0.25) is 9.59 Å². The Labute approximate surface area is 158 Å². The van der Waals surface area contributed by atoms with Crippen molar-refractivity contribution in [3.05, 3.63) is 71.0 Å². The average molecular weight is 365 g/mol. The first-order valence-electron chi connectivity index (χ1n) is 8.85. The van der Waals surface area contributed by atoms with Crippen LogP contribution in [0.4, 0.5) is 0 Å². The minimum absolute atomic E-state index is 0.0746. The molecule has 0 radical (unpaired) electrons. The van der Waals surface area contributed by atoms with Crippen molar-refractivity contribution in [3.8, 4) is 0 Å². The van der Waals surface area contributed by atoms with Crippen LogP contribution in [0.15, 0.2) is 53.1 Å². The molecular weight excluding hydrogens is 342 g/mol. The summed E-state index contributed by atoms with van der Waals surface area (Å²) in [6, 6.07) is 13.6. The second-order valence-corrected chi connectivity index (χ2v) is 6.77. The first kappa shape index (κ1) is 18.7. The predicted molar refractivity (Wildman–Crippen MR) is 103 cm³/mol. The van der Waals surface area contributed by atoms with Crippen molar-refractivity contribution in [2.75, 3.05) is 13.7 Å². The number of hydrogen-bond acceptors (Lipinski definition) is 4. The van der Waals surface area contributed by atoms with Crippen molar-refractivity contribution in [1.29, 1.82) is 0 Å². The third kappa shape index (κ3) is 4.56. The quantitative estimate of drug-likeness (QED) is 0.624. The van der Waals surface area contributed by atoms with Crippen LogP contribution in [-0.2, 0) is 27.3 Å². The van der Waals surface area contributed by atoms with Gasteiger partial charge in [-0.05, 0) is 42.7 Å². The molecule has 5 nitrogen and oxygen atoms in total. The molecule has 0 fully saturated rings. The van der Waals surface area contributed by atoms with Crippen molar-refractivity contribution in [2.24, 2.45) is 0 Å². The van der Waals surface area contributed by atoms with E-state index in [1.54, 1.807) is 18.2 Å². The second-order valence-electron chi connectivity index (χ2n) is 6.77. The molecule has 2 aromatic carbocycles. The maximum atomic E-state index is 12.2. The van der Waals surface area contributed by atoms with Gasteiger partial charge in [0, 0.05) is 24.5 Å². The highest BCUT2D eigenvalue weighted by atomic mass is 16.5. The van der Waals surface area contributed by atoms with Crippen LogP contribution in [0.1, 0.15) is 22.3 Å². The molecule has 1 aromatic heterocycles. The van der Waals surface area contributed by atoms with Crippen molar-refractivity contribution in [2.45, 2.75) is 26.8 Å². The number of nitrogens with zero attached hydrogens (tertiary/aromatic N) is 1. The van der Waals surface area contributed by atoms with Crippen molar-refractivity contribution in [3.63, 3.8) is 0 Å². The zero-order chi connectivity index (χ0) is 19.4. The number of likely N-dealkylation sites (N-methyl/N-ethyl adjacent to an activating group) is 1. The molecule has 1 amide bonds. The molecule has 0 aliphatic carbocycles. The van der Waals surface area contributed by atoms with E-state index in [0.29, 0.717) is 6.54 Å². The molecule has 0 saturated heterocycles. The highest BCUT2D eigenvalue weighted by Crippen LogP contribution is 2.25. The van der Waals surface area contributed by atoms with Gasteiger partial charge in [0.15, 0.2) is 6.61 Å². The molecule has 0 bridgehead atoms. The summed E-state index contributed by atoms with van der Waals surface area (Å²) < 4.78 is 10.7. The van der Waals surface area contributed by atoms with E-state index in [1.807, 2.05) is 56.3 Å². The first-order valence-corrected chi connectivity index (χ1v) is 8.85. The van der Waals surface area contributed by atoms with Gasteiger partial charge in [-0.2, -0.15) is 0 Å². The second kappa shape index (κ2) is 8.08. The Morgan fingerprint density at radius 1 is 1.07 bits per heavy atom. The van der Waals surface area contributed by atoms with E-state index in [4.69, 9.17) is 9.15 Å². The largest absolute Gasteiger partial charge is 0.464 e. The summed E-state index contributed by atoms with van der Waals surface area (Å²) in [7, 11) is 1.69. The molecule has 27 heavy (non-hydrogen) atoms. The van der Waals surface area contributed by atoms with Gasteiger partial charge >= 0.3 is 5.97 Å². The zero-order valence-corrected chi connectivity index (χ0v) is 15.8. The lowest BCUT2D eigenvalue weighted by Crippen LogP contribution is -2.31.